The van der Waals surface area contributed by atoms with Crippen molar-refractivity contribution in [3.05, 3.63) is 47.3 Å². The van der Waals surface area contributed by atoms with Crippen LogP contribution in [0.1, 0.15) is 5.56 Å². The highest BCUT2D eigenvalue weighted by molar-refractivity contribution is 7.93. The predicted octanol–water partition coefficient (Wildman–Crippen LogP) is 2.39. The molecule has 0 aliphatic heterocycles. The molecule has 6 heteroatoms. The van der Waals surface area contributed by atoms with Crippen molar-refractivity contribution in [1.29, 1.82) is 0 Å². The first-order valence-electron chi connectivity index (χ1n) is 4.71. The lowest BCUT2D eigenvalue weighted by Gasteiger charge is -2.02. The predicted molar refractivity (Wildman–Crippen MR) is 65.6 cm³/mol. The molecule has 0 bridgehead atoms. The van der Waals surface area contributed by atoms with E-state index in [4.69, 9.17) is 5.21 Å². The van der Waals surface area contributed by atoms with Crippen LogP contribution >= 0.6 is 11.3 Å². The molecule has 88 valence electrons. The Morgan fingerprint density at radius 3 is 2.53 bits per heavy atom. The largest absolute Gasteiger partial charge is 0.411 e. The lowest BCUT2D eigenvalue weighted by atomic mass is 10.4. The van der Waals surface area contributed by atoms with Gasteiger partial charge in [-0.1, -0.05) is 23.4 Å². The first-order valence-corrected chi connectivity index (χ1v) is 7.07. The molecular weight excluding hydrogens is 258 g/mol. The van der Waals surface area contributed by atoms with Gasteiger partial charge in [0.15, 0.2) is 0 Å². The minimum Gasteiger partial charge on any atom is -0.411 e. The van der Waals surface area contributed by atoms with Crippen molar-refractivity contribution in [3.63, 3.8) is 0 Å². The maximum absolute atomic E-state index is 12.3. The summed E-state index contributed by atoms with van der Waals surface area (Å²) in [6.45, 7) is 0. The number of sulfone groups is 1. The fourth-order valence-corrected chi connectivity index (χ4v) is 4.11. The SMILES string of the molecule is O=S(=O)(c1ccccc1)c1sccc1/C=N\O. The highest BCUT2D eigenvalue weighted by Gasteiger charge is 2.21. The van der Waals surface area contributed by atoms with E-state index in [0.717, 1.165) is 17.6 Å². The average molecular weight is 267 g/mol. The van der Waals surface area contributed by atoms with E-state index in [1.807, 2.05) is 0 Å². The normalized spacial score (nSPS) is 12.0. The van der Waals surface area contributed by atoms with Gasteiger partial charge in [-0.3, -0.25) is 0 Å². The molecule has 0 amide bonds. The molecule has 1 aromatic heterocycles. The van der Waals surface area contributed by atoms with E-state index in [1.54, 1.807) is 29.6 Å². The van der Waals surface area contributed by atoms with Crippen LogP contribution in [0.2, 0.25) is 0 Å². The van der Waals surface area contributed by atoms with Gasteiger partial charge < -0.3 is 5.21 Å². The fraction of sp³-hybridized carbons (Fsp3) is 0. The molecule has 0 saturated carbocycles. The van der Waals surface area contributed by atoms with Crippen molar-refractivity contribution < 1.29 is 13.6 Å². The van der Waals surface area contributed by atoms with Crippen LogP contribution in [0.25, 0.3) is 0 Å². The summed E-state index contributed by atoms with van der Waals surface area (Å²) < 4.78 is 24.7. The van der Waals surface area contributed by atoms with Crippen LogP contribution in [0.3, 0.4) is 0 Å². The minimum absolute atomic E-state index is 0.182. The van der Waals surface area contributed by atoms with E-state index in [-0.39, 0.29) is 9.10 Å². The summed E-state index contributed by atoms with van der Waals surface area (Å²) in [5.74, 6) is 0. The molecule has 1 aromatic carbocycles. The van der Waals surface area contributed by atoms with Crippen LogP contribution in [-0.4, -0.2) is 19.8 Å². The van der Waals surface area contributed by atoms with Gasteiger partial charge in [-0.05, 0) is 23.6 Å². The smallest absolute Gasteiger partial charge is 0.216 e. The molecule has 2 aromatic rings. The summed E-state index contributed by atoms with van der Waals surface area (Å²) in [5.41, 5.74) is 0.390. The van der Waals surface area contributed by atoms with E-state index >= 15 is 0 Å². The minimum atomic E-state index is -3.53. The van der Waals surface area contributed by atoms with Crippen LogP contribution in [0, 0.1) is 0 Å². The number of nitrogens with zero attached hydrogens (tertiary/aromatic N) is 1. The molecule has 1 N–H and O–H groups in total. The van der Waals surface area contributed by atoms with Gasteiger partial charge in [-0.15, -0.1) is 11.3 Å². The molecule has 1 heterocycles. The molecule has 0 fully saturated rings. The summed E-state index contributed by atoms with van der Waals surface area (Å²) in [7, 11) is -3.53. The zero-order chi connectivity index (χ0) is 12.3. The second-order valence-corrected chi connectivity index (χ2v) is 6.29. The Balaban J connectivity index is 2.57. The molecule has 0 saturated heterocycles. The number of hydrogen-bond acceptors (Lipinski definition) is 5. The molecule has 17 heavy (non-hydrogen) atoms. The number of oxime groups is 1. The second-order valence-electron chi connectivity index (χ2n) is 3.22. The molecule has 2 rings (SSSR count). The molecule has 0 aliphatic carbocycles. The standard InChI is InChI=1S/C11H9NO3S2/c13-12-8-9-6-7-16-11(9)17(14,15)10-4-2-1-3-5-10/h1-8,13H/b12-8-. The van der Waals surface area contributed by atoms with E-state index in [0.29, 0.717) is 5.56 Å². The monoisotopic (exact) mass is 267 g/mol. The summed E-state index contributed by atoms with van der Waals surface area (Å²) in [6, 6.07) is 9.76. The maximum Gasteiger partial charge on any atom is 0.216 e. The van der Waals surface area contributed by atoms with Gasteiger partial charge >= 0.3 is 0 Å². The van der Waals surface area contributed by atoms with E-state index in [9.17, 15) is 8.42 Å². The van der Waals surface area contributed by atoms with Gasteiger partial charge in [0, 0.05) is 5.56 Å². The zero-order valence-electron chi connectivity index (χ0n) is 8.65. The maximum atomic E-state index is 12.3. The van der Waals surface area contributed by atoms with Gasteiger partial charge in [0.1, 0.15) is 4.21 Å². The van der Waals surface area contributed by atoms with Gasteiger partial charge in [-0.25, -0.2) is 8.42 Å². The third kappa shape index (κ3) is 2.22. The van der Waals surface area contributed by atoms with Crippen LogP contribution < -0.4 is 0 Å². The third-order valence-electron chi connectivity index (χ3n) is 2.15. The molecule has 4 nitrogen and oxygen atoms in total. The van der Waals surface area contributed by atoms with Crippen LogP contribution in [0.4, 0.5) is 0 Å². The number of rotatable bonds is 3. The second kappa shape index (κ2) is 4.68. The molecular formula is C11H9NO3S2. The van der Waals surface area contributed by atoms with E-state index < -0.39 is 9.84 Å². The van der Waals surface area contributed by atoms with Crippen LogP contribution in [0.5, 0.6) is 0 Å². The molecule has 0 unspecified atom stereocenters. The highest BCUT2D eigenvalue weighted by atomic mass is 32.2. The average Bonchev–Trinajstić information content (AvgIpc) is 2.80. The topological polar surface area (TPSA) is 66.7 Å². The summed E-state index contributed by atoms with van der Waals surface area (Å²) in [5, 5.41) is 13.0. The molecule has 0 spiro atoms. The van der Waals surface area contributed by atoms with Gasteiger partial charge in [0.05, 0.1) is 11.1 Å². The van der Waals surface area contributed by atoms with Crippen molar-refractivity contribution in [3.8, 4) is 0 Å². The Hall–Kier alpha value is -1.66. The third-order valence-corrected chi connectivity index (χ3v) is 5.44. The Labute approximate surface area is 103 Å². The van der Waals surface area contributed by atoms with Gasteiger partial charge in [0.2, 0.25) is 9.84 Å². The lowest BCUT2D eigenvalue weighted by molar-refractivity contribution is 0.322. The summed E-state index contributed by atoms with van der Waals surface area (Å²) in [4.78, 5) is 0.232. The van der Waals surface area contributed by atoms with Gasteiger partial charge in [0.25, 0.3) is 0 Å². The van der Waals surface area contributed by atoms with Crippen molar-refractivity contribution in [2.45, 2.75) is 9.10 Å². The highest BCUT2D eigenvalue weighted by Crippen LogP contribution is 2.27. The van der Waals surface area contributed by atoms with Crippen molar-refractivity contribution in [1.82, 2.24) is 0 Å². The number of thiophene rings is 1. The van der Waals surface area contributed by atoms with Crippen molar-refractivity contribution >= 4 is 27.4 Å². The zero-order valence-corrected chi connectivity index (χ0v) is 10.3. The van der Waals surface area contributed by atoms with Crippen molar-refractivity contribution in [2.24, 2.45) is 5.16 Å². The first kappa shape index (κ1) is 11.8. The quantitative estimate of drug-likeness (QED) is 0.527. The van der Waals surface area contributed by atoms with Crippen molar-refractivity contribution in [2.75, 3.05) is 0 Å². The van der Waals surface area contributed by atoms with Crippen LogP contribution in [0.15, 0.2) is 56.0 Å². The number of hydrogen-bond donors (Lipinski definition) is 1. The van der Waals surface area contributed by atoms with Crippen LogP contribution in [-0.2, 0) is 9.84 Å². The van der Waals surface area contributed by atoms with E-state index in [1.165, 1.54) is 12.1 Å². The lowest BCUT2D eigenvalue weighted by Crippen LogP contribution is -2.02. The summed E-state index contributed by atoms with van der Waals surface area (Å²) >= 11 is 1.10. The van der Waals surface area contributed by atoms with Gasteiger partial charge in [-0.2, -0.15) is 0 Å². The Morgan fingerprint density at radius 1 is 1.18 bits per heavy atom. The first-order chi connectivity index (χ1) is 8.16. The Morgan fingerprint density at radius 2 is 1.88 bits per heavy atom. The number of benzene rings is 1. The molecule has 0 radical (unpaired) electrons. The summed E-state index contributed by atoms with van der Waals surface area (Å²) in [6.07, 6.45) is 1.12. The van der Waals surface area contributed by atoms with E-state index in [2.05, 4.69) is 5.16 Å². The Bertz CT molecular complexity index is 630. The molecule has 0 aliphatic rings. The molecule has 0 atom stereocenters. The fourth-order valence-electron chi connectivity index (χ4n) is 1.39. The Kier molecular flexibility index (Phi) is 3.26.